The monoisotopic (exact) mass is 378 g/mol. The molecule has 0 nitrogen and oxygen atoms in total. The SMILES string of the molecule is Cc1cccc2c1C=C(C1CCCCC1)S2(Br)C(F)(F)F. The van der Waals surface area contributed by atoms with E-state index in [-0.39, 0.29) is 5.92 Å². The average Bonchev–Trinajstić information content (AvgIpc) is 2.76. The van der Waals surface area contributed by atoms with Crippen molar-refractivity contribution >= 4 is 29.4 Å². The molecular weight excluding hydrogens is 361 g/mol. The molecule has 1 heterocycles. The molecule has 2 aliphatic rings. The average molecular weight is 379 g/mol. The minimum atomic E-state index is -4.24. The Balaban J connectivity index is 2.14. The van der Waals surface area contributed by atoms with Crippen LogP contribution in [0.3, 0.4) is 0 Å². The highest BCUT2D eigenvalue weighted by atomic mass is 79.9. The zero-order chi connectivity index (χ0) is 15.3. The lowest BCUT2D eigenvalue weighted by Crippen LogP contribution is -2.20. The van der Waals surface area contributed by atoms with Crippen LogP contribution in [0.5, 0.6) is 0 Å². The van der Waals surface area contributed by atoms with Gasteiger partial charge in [-0.15, -0.1) is 0 Å². The zero-order valence-electron chi connectivity index (χ0n) is 11.8. The third-order valence-electron chi connectivity index (χ3n) is 4.53. The number of rotatable bonds is 1. The van der Waals surface area contributed by atoms with Crippen molar-refractivity contribution in [1.29, 1.82) is 0 Å². The first kappa shape index (κ1) is 15.5. The van der Waals surface area contributed by atoms with E-state index >= 15 is 0 Å². The fraction of sp³-hybridized carbons (Fsp3) is 0.500. The molecule has 1 fully saturated rings. The fourth-order valence-electron chi connectivity index (χ4n) is 3.43. The lowest BCUT2D eigenvalue weighted by molar-refractivity contribution is -0.0357. The molecule has 0 saturated heterocycles. The molecule has 0 aromatic heterocycles. The van der Waals surface area contributed by atoms with E-state index in [4.69, 9.17) is 0 Å². The van der Waals surface area contributed by atoms with E-state index in [0.717, 1.165) is 43.2 Å². The summed E-state index contributed by atoms with van der Waals surface area (Å²) in [5.41, 5.74) is -2.53. The molecule has 1 aromatic rings. The number of alkyl halides is 3. The van der Waals surface area contributed by atoms with Crippen LogP contribution in [0.2, 0.25) is 0 Å². The Morgan fingerprint density at radius 2 is 1.81 bits per heavy atom. The van der Waals surface area contributed by atoms with E-state index in [0.29, 0.717) is 9.80 Å². The molecule has 0 radical (unpaired) electrons. The van der Waals surface area contributed by atoms with Gasteiger partial charge in [-0.05, 0) is 77.1 Å². The normalized spacial score (nSPS) is 29.7. The van der Waals surface area contributed by atoms with E-state index in [1.54, 1.807) is 12.1 Å². The first-order valence-corrected chi connectivity index (χ1v) is 10.7. The van der Waals surface area contributed by atoms with Crippen molar-refractivity contribution in [2.24, 2.45) is 5.92 Å². The van der Waals surface area contributed by atoms with Gasteiger partial charge in [-0.25, -0.2) is 0 Å². The maximum atomic E-state index is 13.9. The summed E-state index contributed by atoms with van der Waals surface area (Å²) in [6.45, 7) is 1.89. The molecule has 116 valence electrons. The van der Waals surface area contributed by atoms with Crippen LogP contribution in [0.25, 0.3) is 6.08 Å². The maximum Gasteiger partial charge on any atom is 0.442 e. The second kappa shape index (κ2) is 5.34. The van der Waals surface area contributed by atoms with Gasteiger partial charge in [0.05, 0.1) is 0 Å². The second-order valence-electron chi connectivity index (χ2n) is 5.85. The highest BCUT2D eigenvalue weighted by Crippen LogP contribution is 2.82. The Kier molecular flexibility index (Phi) is 3.93. The summed E-state index contributed by atoms with van der Waals surface area (Å²) >= 11 is 3.19. The van der Waals surface area contributed by atoms with Crippen LogP contribution in [0, 0.1) is 12.8 Å². The summed E-state index contributed by atoms with van der Waals surface area (Å²) in [4.78, 5) is 1.04. The van der Waals surface area contributed by atoms with E-state index in [1.807, 2.05) is 19.1 Å². The molecule has 3 rings (SSSR count). The van der Waals surface area contributed by atoms with Gasteiger partial charge in [0.15, 0.2) is 0 Å². The molecule has 1 unspecified atom stereocenters. The number of fused-ring (bicyclic) bond motifs is 1. The number of aryl methyl sites for hydroxylation is 1. The largest absolute Gasteiger partial charge is 0.442 e. The van der Waals surface area contributed by atoms with Gasteiger partial charge in [0.25, 0.3) is 0 Å². The van der Waals surface area contributed by atoms with Crippen LogP contribution < -0.4 is 0 Å². The third-order valence-corrected chi connectivity index (χ3v) is 10.5. The summed E-state index contributed by atoms with van der Waals surface area (Å²) in [6.07, 6.45) is 6.82. The second-order valence-corrected chi connectivity index (χ2v) is 11.2. The van der Waals surface area contributed by atoms with E-state index in [1.165, 1.54) is 0 Å². The van der Waals surface area contributed by atoms with Crippen molar-refractivity contribution in [1.82, 2.24) is 0 Å². The minimum absolute atomic E-state index is 0.0709. The van der Waals surface area contributed by atoms with Crippen LogP contribution in [0.15, 0.2) is 28.0 Å². The zero-order valence-corrected chi connectivity index (χ0v) is 14.2. The van der Waals surface area contributed by atoms with E-state index < -0.39 is 14.0 Å². The van der Waals surface area contributed by atoms with Crippen molar-refractivity contribution in [2.75, 3.05) is 0 Å². The smallest absolute Gasteiger partial charge is 0.160 e. The quantitative estimate of drug-likeness (QED) is 0.497. The Bertz CT molecular complexity index is 588. The van der Waals surface area contributed by atoms with Gasteiger partial charge in [0.1, 0.15) is 0 Å². The highest BCUT2D eigenvalue weighted by Gasteiger charge is 2.56. The maximum absolute atomic E-state index is 13.9. The van der Waals surface area contributed by atoms with Crippen molar-refractivity contribution in [3.05, 3.63) is 34.2 Å². The van der Waals surface area contributed by atoms with Crippen molar-refractivity contribution < 1.29 is 13.2 Å². The van der Waals surface area contributed by atoms with Gasteiger partial charge in [-0.2, -0.15) is 13.2 Å². The van der Waals surface area contributed by atoms with Crippen molar-refractivity contribution in [3.8, 4) is 0 Å². The number of allylic oxidation sites excluding steroid dienone is 1. The summed E-state index contributed by atoms with van der Waals surface area (Å²) in [5, 5.41) is 0. The summed E-state index contributed by atoms with van der Waals surface area (Å²) in [5.74, 6) is 0.0709. The number of hydrogen-bond donors (Lipinski definition) is 0. The Hall–Kier alpha value is -0.420. The van der Waals surface area contributed by atoms with E-state index in [9.17, 15) is 13.2 Å². The first-order valence-electron chi connectivity index (χ1n) is 7.26. The van der Waals surface area contributed by atoms with Gasteiger partial charge in [0.2, 0.25) is 0 Å². The molecule has 5 heteroatoms. The summed E-state index contributed by atoms with van der Waals surface area (Å²) < 4.78 is 41.7. The first-order chi connectivity index (χ1) is 9.85. The fourth-order valence-corrected chi connectivity index (χ4v) is 7.88. The van der Waals surface area contributed by atoms with Crippen LogP contribution in [-0.2, 0) is 0 Å². The van der Waals surface area contributed by atoms with E-state index in [2.05, 4.69) is 14.8 Å². The Morgan fingerprint density at radius 3 is 2.43 bits per heavy atom. The molecular formula is C16H18BrF3S. The Morgan fingerprint density at radius 1 is 1.14 bits per heavy atom. The van der Waals surface area contributed by atoms with Crippen LogP contribution in [0.1, 0.15) is 43.2 Å². The predicted molar refractivity (Wildman–Crippen MR) is 86.6 cm³/mol. The van der Waals surface area contributed by atoms with Gasteiger partial charge in [0, 0.05) is 4.90 Å². The van der Waals surface area contributed by atoms with Crippen molar-refractivity contribution in [2.45, 2.75) is 49.4 Å². The molecule has 1 aromatic carbocycles. The molecule has 0 spiro atoms. The molecule has 1 saturated carbocycles. The van der Waals surface area contributed by atoms with Crippen LogP contribution in [-0.4, -0.2) is 5.51 Å². The van der Waals surface area contributed by atoms with Crippen molar-refractivity contribution in [3.63, 3.8) is 0 Å². The molecule has 1 atom stereocenters. The number of hydrogen-bond acceptors (Lipinski definition) is 0. The number of benzene rings is 1. The molecule has 1 aliphatic carbocycles. The van der Waals surface area contributed by atoms with Crippen LogP contribution in [0.4, 0.5) is 13.2 Å². The van der Waals surface area contributed by atoms with Gasteiger partial charge < -0.3 is 0 Å². The van der Waals surface area contributed by atoms with Gasteiger partial charge >= 0.3 is 5.51 Å². The molecule has 0 N–H and O–H groups in total. The lowest BCUT2D eigenvalue weighted by Gasteiger charge is -2.39. The molecule has 21 heavy (non-hydrogen) atoms. The lowest BCUT2D eigenvalue weighted by atomic mass is 9.88. The highest BCUT2D eigenvalue weighted by molar-refractivity contribution is 9.59. The standard InChI is InChI=1S/C16H18BrF3S/c1-11-6-5-9-14-13(11)10-15(12-7-3-2-4-8-12)21(14,17)16(18,19)20/h5-6,9-10,12H,2-4,7-8H2,1H3. The molecule has 1 aliphatic heterocycles. The van der Waals surface area contributed by atoms with Crippen LogP contribution >= 0.6 is 23.3 Å². The predicted octanol–water partition coefficient (Wildman–Crippen LogP) is 6.92. The summed E-state index contributed by atoms with van der Waals surface area (Å²) in [7, 11) is -3.07. The number of halogens is 4. The molecule has 0 bridgehead atoms. The third kappa shape index (κ3) is 2.37. The topological polar surface area (TPSA) is 0 Å². The molecule has 0 amide bonds. The Labute approximate surface area is 132 Å². The minimum Gasteiger partial charge on any atom is -0.160 e. The van der Waals surface area contributed by atoms with Gasteiger partial charge in [-0.3, -0.25) is 0 Å². The van der Waals surface area contributed by atoms with Gasteiger partial charge in [-0.1, -0.05) is 31.4 Å². The summed E-state index contributed by atoms with van der Waals surface area (Å²) in [6, 6.07) is 5.27.